The number of nitrogens with zero attached hydrogens (tertiary/aromatic N) is 3. The summed E-state index contributed by atoms with van der Waals surface area (Å²) in [5.74, 6) is -1.82. The first-order chi connectivity index (χ1) is 15.2. The SMILES string of the molecule is CN(CC(=O)N1CC(C(=O)Nc2ccccc2)CC1C#N)C(=O)c1c(Cl)cc(Cl)cc1Cl. The summed E-state index contributed by atoms with van der Waals surface area (Å²) in [5, 5.41) is 12.7. The summed E-state index contributed by atoms with van der Waals surface area (Å²) in [6, 6.07) is 13.0. The zero-order valence-electron chi connectivity index (χ0n) is 17.0. The summed E-state index contributed by atoms with van der Waals surface area (Å²) in [4.78, 5) is 40.7. The quantitative estimate of drug-likeness (QED) is 0.679. The van der Waals surface area contributed by atoms with E-state index in [9.17, 15) is 19.6 Å². The Kier molecular flexibility index (Phi) is 7.62. The van der Waals surface area contributed by atoms with Gasteiger partial charge in [0, 0.05) is 24.3 Å². The maximum Gasteiger partial charge on any atom is 0.257 e. The number of likely N-dealkylation sites (N-methyl/N-ethyl adjacent to an activating group) is 1. The standard InChI is InChI=1S/C22H19Cl3N4O3/c1-28(22(32)20-17(24)8-14(23)9-18(20)25)12-19(30)29-11-13(7-16(29)10-26)21(31)27-15-5-3-2-4-6-15/h2-6,8-9,13,16H,7,11-12H2,1H3,(H,27,31). The van der Waals surface area contributed by atoms with Crippen LogP contribution in [0.1, 0.15) is 16.8 Å². The molecular formula is C22H19Cl3N4O3. The third-order valence-corrected chi connectivity index (χ3v) is 5.94. The first kappa shape index (κ1) is 23.9. The number of hydrogen-bond acceptors (Lipinski definition) is 4. The summed E-state index contributed by atoms with van der Waals surface area (Å²) >= 11 is 18.1. The van der Waals surface area contributed by atoms with Gasteiger partial charge in [-0.05, 0) is 30.7 Å². The molecule has 0 spiro atoms. The average molecular weight is 494 g/mol. The third-order valence-electron chi connectivity index (χ3n) is 5.12. The van der Waals surface area contributed by atoms with Crippen molar-refractivity contribution in [2.24, 2.45) is 5.92 Å². The number of amides is 3. The Hall–Kier alpha value is -2.79. The second-order valence-corrected chi connectivity index (χ2v) is 8.64. The molecule has 1 N–H and O–H groups in total. The van der Waals surface area contributed by atoms with E-state index in [0.717, 1.165) is 4.90 Å². The van der Waals surface area contributed by atoms with Crippen LogP contribution in [0.25, 0.3) is 0 Å². The van der Waals surface area contributed by atoms with Gasteiger partial charge < -0.3 is 15.1 Å². The van der Waals surface area contributed by atoms with Gasteiger partial charge in [-0.1, -0.05) is 53.0 Å². The normalized spacial score (nSPS) is 17.5. The predicted octanol–water partition coefficient (Wildman–Crippen LogP) is 4.10. The van der Waals surface area contributed by atoms with Crippen molar-refractivity contribution in [3.63, 3.8) is 0 Å². The largest absolute Gasteiger partial charge is 0.332 e. The van der Waals surface area contributed by atoms with E-state index in [1.165, 1.54) is 24.1 Å². The summed E-state index contributed by atoms with van der Waals surface area (Å²) in [7, 11) is 1.43. The molecule has 32 heavy (non-hydrogen) atoms. The average Bonchev–Trinajstić information content (AvgIpc) is 3.18. The van der Waals surface area contributed by atoms with E-state index in [-0.39, 0.29) is 46.0 Å². The van der Waals surface area contributed by atoms with Gasteiger partial charge in [-0.2, -0.15) is 5.26 Å². The zero-order chi connectivity index (χ0) is 23.4. The zero-order valence-corrected chi connectivity index (χ0v) is 19.3. The van der Waals surface area contributed by atoms with Crippen molar-refractivity contribution in [1.82, 2.24) is 9.80 Å². The molecule has 2 aromatic rings. The minimum absolute atomic E-state index is 0.0337. The number of hydrogen-bond donors (Lipinski definition) is 1. The van der Waals surface area contributed by atoms with Gasteiger partial charge in [-0.15, -0.1) is 0 Å². The molecule has 10 heteroatoms. The molecule has 3 amide bonds. The van der Waals surface area contributed by atoms with E-state index >= 15 is 0 Å². The molecule has 1 heterocycles. The van der Waals surface area contributed by atoms with Gasteiger partial charge in [0.25, 0.3) is 5.91 Å². The number of likely N-dealkylation sites (tertiary alicyclic amines) is 1. The Balaban J connectivity index is 1.67. The highest BCUT2D eigenvalue weighted by Crippen LogP contribution is 2.30. The van der Waals surface area contributed by atoms with Crippen molar-refractivity contribution in [3.8, 4) is 6.07 Å². The molecule has 1 aliphatic heterocycles. The molecule has 0 aliphatic carbocycles. The van der Waals surface area contributed by atoms with Crippen molar-refractivity contribution in [3.05, 3.63) is 63.1 Å². The van der Waals surface area contributed by atoms with Gasteiger partial charge >= 0.3 is 0 Å². The fraction of sp³-hybridized carbons (Fsp3) is 0.273. The number of para-hydroxylation sites is 1. The first-order valence-electron chi connectivity index (χ1n) is 9.66. The van der Waals surface area contributed by atoms with Crippen molar-refractivity contribution in [2.75, 3.05) is 25.5 Å². The molecule has 7 nitrogen and oxygen atoms in total. The number of rotatable bonds is 5. The van der Waals surface area contributed by atoms with Crippen molar-refractivity contribution >= 4 is 58.2 Å². The Morgan fingerprint density at radius 2 is 1.78 bits per heavy atom. The molecule has 2 unspecified atom stereocenters. The van der Waals surface area contributed by atoms with E-state index < -0.39 is 23.8 Å². The lowest BCUT2D eigenvalue weighted by Crippen LogP contribution is -2.43. The molecule has 1 aliphatic rings. The minimum atomic E-state index is -0.764. The van der Waals surface area contributed by atoms with Gasteiger partial charge in [0.2, 0.25) is 11.8 Å². The van der Waals surface area contributed by atoms with Crippen molar-refractivity contribution in [2.45, 2.75) is 12.5 Å². The van der Waals surface area contributed by atoms with Gasteiger partial charge in [-0.25, -0.2) is 0 Å². The molecule has 0 bridgehead atoms. The molecule has 1 saturated heterocycles. The molecule has 0 aromatic heterocycles. The van der Waals surface area contributed by atoms with Crippen LogP contribution in [0.4, 0.5) is 5.69 Å². The van der Waals surface area contributed by atoms with E-state index in [0.29, 0.717) is 5.69 Å². The third kappa shape index (κ3) is 5.33. The smallest absolute Gasteiger partial charge is 0.257 e. The molecule has 3 rings (SSSR count). The van der Waals surface area contributed by atoms with Crippen LogP contribution in [0, 0.1) is 17.2 Å². The van der Waals surface area contributed by atoms with Crippen LogP contribution in [0.15, 0.2) is 42.5 Å². The number of carbonyl (C=O) groups is 3. The summed E-state index contributed by atoms with van der Waals surface area (Å²) in [6.07, 6.45) is 0.216. The monoisotopic (exact) mass is 492 g/mol. The Bertz CT molecular complexity index is 1060. The second kappa shape index (κ2) is 10.2. The summed E-state index contributed by atoms with van der Waals surface area (Å²) < 4.78 is 0. The lowest BCUT2D eigenvalue weighted by molar-refractivity contribution is -0.131. The first-order valence-corrected chi connectivity index (χ1v) is 10.8. The lowest BCUT2D eigenvalue weighted by atomic mass is 10.1. The molecule has 1 fully saturated rings. The Labute approximate surface area is 200 Å². The summed E-state index contributed by atoms with van der Waals surface area (Å²) in [6.45, 7) is -0.223. The Morgan fingerprint density at radius 1 is 1.16 bits per heavy atom. The van der Waals surface area contributed by atoms with Crippen LogP contribution >= 0.6 is 34.8 Å². The van der Waals surface area contributed by atoms with Gasteiger partial charge in [0.05, 0.1) is 34.1 Å². The molecule has 166 valence electrons. The highest BCUT2D eigenvalue weighted by Gasteiger charge is 2.39. The lowest BCUT2D eigenvalue weighted by Gasteiger charge is -2.24. The minimum Gasteiger partial charge on any atom is -0.332 e. The molecule has 0 saturated carbocycles. The van der Waals surface area contributed by atoms with Crippen LogP contribution in [0.2, 0.25) is 15.1 Å². The number of anilines is 1. The number of benzene rings is 2. The van der Waals surface area contributed by atoms with E-state index in [2.05, 4.69) is 11.4 Å². The molecule has 2 aromatic carbocycles. The summed E-state index contributed by atoms with van der Waals surface area (Å²) in [5.41, 5.74) is 0.671. The Morgan fingerprint density at radius 3 is 2.38 bits per heavy atom. The van der Waals surface area contributed by atoms with Gasteiger partial charge in [0.1, 0.15) is 6.04 Å². The number of carbonyl (C=O) groups excluding carboxylic acids is 3. The highest BCUT2D eigenvalue weighted by atomic mass is 35.5. The van der Waals surface area contributed by atoms with Crippen LogP contribution in [0.3, 0.4) is 0 Å². The van der Waals surface area contributed by atoms with Crippen LogP contribution in [-0.4, -0.2) is 53.7 Å². The maximum atomic E-state index is 12.9. The number of nitriles is 1. The highest BCUT2D eigenvalue weighted by molar-refractivity contribution is 6.42. The number of nitrogens with one attached hydrogen (secondary N) is 1. The van der Waals surface area contributed by atoms with Gasteiger partial charge in [0.15, 0.2) is 0 Å². The maximum absolute atomic E-state index is 12.9. The van der Waals surface area contributed by atoms with Crippen LogP contribution < -0.4 is 5.32 Å². The van der Waals surface area contributed by atoms with Crippen LogP contribution in [0.5, 0.6) is 0 Å². The van der Waals surface area contributed by atoms with Crippen molar-refractivity contribution < 1.29 is 14.4 Å². The van der Waals surface area contributed by atoms with E-state index in [1.54, 1.807) is 24.3 Å². The fourth-order valence-corrected chi connectivity index (χ4v) is 4.47. The molecule has 2 atom stereocenters. The van der Waals surface area contributed by atoms with Crippen molar-refractivity contribution in [1.29, 1.82) is 5.26 Å². The second-order valence-electron chi connectivity index (χ2n) is 7.38. The van der Waals surface area contributed by atoms with E-state index in [4.69, 9.17) is 34.8 Å². The molecule has 0 radical (unpaired) electrons. The topological polar surface area (TPSA) is 93.5 Å². The van der Waals surface area contributed by atoms with Gasteiger partial charge in [-0.3, -0.25) is 14.4 Å². The number of halogens is 3. The fourth-order valence-electron chi connectivity index (χ4n) is 3.49. The predicted molar refractivity (Wildman–Crippen MR) is 123 cm³/mol. The van der Waals surface area contributed by atoms with E-state index in [1.807, 2.05) is 6.07 Å². The molecular weight excluding hydrogens is 475 g/mol. The van der Waals surface area contributed by atoms with Crippen LogP contribution in [-0.2, 0) is 9.59 Å².